The standard InChI is InChI=1S/C15H26N2O3/c1-12(13-3-4-13)17(9-10-20-2)11-15(19)16-7-5-14(18)6-8-16/h12-13H,3-11H2,1-2H3. The lowest BCUT2D eigenvalue weighted by Gasteiger charge is -2.32. The molecular weight excluding hydrogens is 256 g/mol. The van der Waals surface area contributed by atoms with Crippen LogP contribution in [0.3, 0.4) is 0 Å². The normalized spacial score (nSPS) is 21.4. The lowest BCUT2D eigenvalue weighted by atomic mass is 10.1. The number of Topliss-reactive ketones (excluding diaryl/α,β-unsaturated/α-hetero) is 1. The van der Waals surface area contributed by atoms with E-state index < -0.39 is 0 Å². The van der Waals surface area contributed by atoms with Gasteiger partial charge in [0.2, 0.25) is 5.91 Å². The highest BCUT2D eigenvalue weighted by Crippen LogP contribution is 2.35. The van der Waals surface area contributed by atoms with Gasteiger partial charge in [0.05, 0.1) is 13.2 Å². The molecule has 1 aliphatic heterocycles. The number of hydrogen-bond acceptors (Lipinski definition) is 4. The summed E-state index contributed by atoms with van der Waals surface area (Å²) in [5.74, 6) is 1.17. The fourth-order valence-electron chi connectivity index (χ4n) is 2.79. The quantitative estimate of drug-likeness (QED) is 0.697. The Morgan fingerprint density at radius 3 is 2.60 bits per heavy atom. The Balaban J connectivity index is 1.85. The SMILES string of the molecule is COCCN(CC(=O)N1CCC(=O)CC1)C(C)C1CC1. The molecule has 114 valence electrons. The molecule has 1 aliphatic carbocycles. The summed E-state index contributed by atoms with van der Waals surface area (Å²) in [6, 6.07) is 0.445. The molecule has 0 spiro atoms. The number of methoxy groups -OCH3 is 1. The third-order valence-electron chi connectivity index (χ3n) is 4.47. The number of amides is 1. The molecule has 2 rings (SSSR count). The molecule has 5 heteroatoms. The molecule has 2 fully saturated rings. The third kappa shape index (κ3) is 4.28. The van der Waals surface area contributed by atoms with E-state index in [9.17, 15) is 9.59 Å². The average molecular weight is 282 g/mol. The van der Waals surface area contributed by atoms with E-state index in [2.05, 4.69) is 11.8 Å². The molecule has 0 aromatic carbocycles. The predicted molar refractivity (Wildman–Crippen MR) is 76.5 cm³/mol. The van der Waals surface area contributed by atoms with Crippen LogP contribution in [-0.4, -0.2) is 67.4 Å². The fraction of sp³-hybridized carbons (Fsp3) is 0.867. The van der Waals surface area contributed by atoms with E-state index in [4.69, 9.17) is 4.74 Å². The zero-order chi connectivity index (χ0) is 14.5. The average Bonchev–Trinajstić information content (AvgIpc) is 3.27. The predicted octanol–water partition coefficient (Wildman–Crippen LogP) is 0.925. The van der Waals surface area contributed by atoms with Crippen molar-refractivity contribution < 1.29 is 14.3 Å². The summed E-state index contributed by atoms with van der Waals surface area (Å²) in [4.78, 5) is 27.7. The molecule has 2 aliphatic rings. The van der Waals surface area contributed by atoms with Crippen molar-refractivity contribution in [2.24, 2.45) is 5.92 Å². The van der Waals surface area contributed by atoms with Crippen LogP contribution in [0.5, 0.6) is 0 Å². The number of carbonyl (C=O) groups excluding carboxylic acids is 2. The molecule has 0 N–H and O–H groups in total. The number of ketones is 1. The minimum atomic E-state index is 0.154. The Bertz CT molecular complexity index is 345. The smallest absolute Gasteiger partial charge is 0.236 e. The van der Waals surface area contributed by atoms with Gasteiger partial charge in [-0.25, -0.2) is 0 Å². The lowest BCUT2D eigenvalue weighted by molar-refractivity contribution is -0.136. The Morgan fingerprint density at radius 2 is 2.05 bits per heavy atom. The summed E-state index contributed by atoms with van der Waals surface area (Å²) in [6.45, 7) is 5.30. The van der Waals surface area contributed by atoms with Gasteiger partial charge in [-0.2, -0.15) is 0 Å². The van der Waals surface area contributed by atoms with Crippen LogP contribution >= 0.6 is 0 Å². The summed E-state index contributed by atoms with van der Waals surface area (Å²) in [5.41, 5.74) is 0. The van der Waals surface area contributed by atoms with Crippen molar-refractivity contribution >= 4 is 11.7 Å². The molecule has 5 nitrogen and oxygen atoms in total. The first-order chi connectivity index (χ1) is 9.61. The first-order valence-corrected chi connectivity index (χ1v) is 7.64. The molecule has 20 heavy (non-hydrogen) atoms. The highest BCUT2D eigenvalue weighted by molar-refractivity contribution is 5.84. The number of likely N-dealkylation sites (tertiary alicyclic amines) is 1. The van der Waals surface area contributed by atoms with Gasteiger partial charge in [-0.05, 0) is 25.7 Å². The summed E-state index contributed by atoms with van der Waals surface area (Å²) in [7, 11) is 1.69. The first-order valence-electron chi connectivity index (χ1n) is 7.64. The second-order valence-corrected chi connectivity index (χ2v) is 5.96. The van der Waals surface area contributed by atoms with Crippen LogP contribution in [0.25, 0.3) is 0 Å². The van der Waals surface area contributed by atoms with Crippen molar-refractivity contribution in [3.05, 3.63) is 0 Å². The topological polar surface area (TPSA) is 49.9 Å². The van der Waals surface area contributed by atoms with E-state index in [-0.39, 0.29) is 11.7 Å². The van der Waals surface area contributed by atoms with Gasteiger partial charge in [-0.3, -0.25) is 14.5 Å². The summed E-state index contributed by atoms with van der Waals surface area (Å²) in [5, 5.41) is 0. The van der Waals surface area contributed by atoms with Crippen LogP contribution < -0.4 is 0 Å². The van der Waals surface area contributed by atoms with Crippen LogP contribution in [0.4, 0.5) is 0 Å². The Hall–Kier alpha value is -0.940. The first kappa shape index (κ1) is 15.4. The van der Waals surface area contributed by atoms with Gasteiger partial charge < -0.3 is 9.64 Å². The Labute approximate surface area is 121 Å². The van der Waals surface area contributed by atoms with Crippen molar-refractivity contribution in [3.63, 3.8) is 0 Å². The molecule has 1 saturated heterocycles. The van der Waals surface area contributed by atoms with Crippen molar-refractivity contribution in [2.75, 3.05) is 39.9 Å². The zero-order valence-electron chi connectivity index (χ0n) is 12.6. The fourth-order valence-corrected chi connectivity index (χ4v) is 2.79. The molecule has 0 radical (unpaired) electrons. The van der Waals surface area contributed by atoms with Gasteiger partial charge in [0.25, 0.3) is 0 Å². The molecule has 0 aromatic heterocycles. The lowest BCUT2D eigenvalue weighted by Crippen LogP contribution is -2.47. The van der Waals surface area contributed by atoms with E-state index in [1.807, 2.05) is 4.90 Å². The molecule has 1 heterocycles. The maximum absolute atomic E-state index is 12.4. The molecule has 0 aromatic rings. The minimum absolute atomic E-state index is 0.154. The van der Waals surface area contributed by atoms with Crippen LogP contribution in [0.15, 0.2) is 0 Å². The van der Waals surface area contributed by atoms with E-state index in [1.165, 1.54) is 12.8 Å². The van der Waals surface area contributed by atoms with Crippen LogP contribution in [0.1, 0.15) is 32.6 Å². The minimum Gasteiger partial charge on any atom is -0.383 e. The van der Waals surface area contributed by atoms with Crippen molar-refractivity contribution in [2.45, 2.75) is 38.6 Å². The summed E-state index contributed by atoms with van der Waals surface area (Å²) in [6.07, 6.45) is 3.58. The molecule has 1 amide bonds. The highest BCUT2D eigenvalue weighted by atomic mass is 16.5. The van der Waals surface area contributed by atoms with E-state index in [0.29, 0.717) is 45.1 Å². The van der Waals surface area contributed by atoms with Crippen LogP contribution in [-0.2, 0) is 14.3 Å². The van der Waals surface area contributed by atoms with Gasteiger partial charge in [-0.15, -0.1) is 0 Å². The van der Waals surface area contributed by atoms with Gasteiger partial charge in [0.1, 0.15) is 5.78 Å². The van der Waals surface area contributed by atoms with E-state index in [1.54, 1.807) is 7.11 Å². The highest BCUT2D eigenvalue weighted by Gasteiger charge is 2.33. The van der Waals surface area contributed by atoms with E-state index in [0.717, 1.165) is 12.5 Å². The van der Waals surface area contributed by atoms with Crippen molar-refractivity contribution in [3.8, 4) is 0 Å². The second kappa shape index (κ2) is 7.18. The largest absolute Gasteiger partial charge is 0.383 e. The van der Waals surface area contributed by atoms with Gasteiger partial charge in [-0.1, -0.05) is 0 Å². The number of piperidine rings is 1. The maximum atomic E-state index is 12.4. The molecular formula is C15H26N2O3. The van der Waals surface area contributed by atoms with Gasteiger partial charge in [0, 0.05) is 45.6 Å². The number of nitrogens with zero attached hydrogens (tertiary/aromatic N) is 2. The number of carbonyl (C=O) groups is 2. The molecule has 1 atom stereocenters. The van der Waals surface area contributed by atoms with Crippen molar-refractivity contribution in [1.82, 2.24) is 9.80 Å². The number of hydrogen-bond donors (Lipinski definition) is 0. The second-order valence-electron chi connectivity index (χ2n) is 5.96. The van der Waals surface area contributed by atoms with Crippen molar-refractivity contribution in [1.29, 1.82) is 0 Å². The number of ether oxygens (including phenoxy) is 1. The third-order valence-corrected chi connectivity index (χ3v) is 4.47. The Kier molecular flexibility index (Phi) is 5.54. The van der Waals surface area contributed by atoms with Crippen LogP contribution in [0.2, 0.25) is 0 Å². The number of rotatable bonds is 7. The zero-order valence-corrected chi connectivity index (χ0v) is 12.6. The van der Waals surface area contributed by atoms with Gasteiger partial charge >= 0.3 is 0 Å². The molecule has 1 unspecified atom stereocenters. The summed E-state index contributed by atoms with van der Waals surface area (Å²) < 4.78 is 5.15. The van der Waals surface area contributed by atoms with Crippen LogP contribution in [0, 0.1) is 5.92 Å². The van der Waals surface area contributed by atoms with Gasteiger partial charge in [0.15, 0.2) is 0 Å². The summed E-state index contributed by atoms with van der Waals surface area (Å²) >= 11 is 0. The maximum Gasteiger partial charge on any atom is 0.236 e. The molecule has 1 saturated carbocycles. The van der Waals surface area contributed by atoms with E-state index >= 15 is 0 Å². The monoisotopic (exact) mass is 282 g/mol. The molecule has 0 bridgehead atoms. The Morgan fingerprint density at radius 1 is 1.40 bits per heavy atom.